The normalized spacial score (nSPS) is 10.9. The van der Waals surface area contributed by atoms with Crippen LogP contribution in [0.1, 0.15) is 99.3 Å². The van der Waals surface area contributed by atoms with Crippen molar-refractivity contribution in [1.29, 1.82) is 0 Å². The molecule has 1 N–H and O–H groups in total. The Bertz CT molecular complexity index is 609. The van der Waals surface area contributed by atoms with E-state index in [0.29, 0.717) is 6.54 Å². The largest absolute Gasteiger partial charge is 0.396 e. The van der Waals surface area contributed by atoms with E-state index in [4.69, 9.17) is 10.6 Å². The number of unbranched alkanes of at least 4 members (excludes halogenated alkanes) is 8. The minimum absolute atomic E-state index is 0.280. The summed E-state index contributed by atoms with van der Waals surface area (Å²) in [5.74, 6) is 0. The fraction of sp³-hybridized carbons (Fsp3) is 0.615. The van der Waals surface area contributed by atoms with Crippen molar-refractivity contribution in [3.8, 4) is 0 Å². The fourth-order valence-electron chi connectivity index (χ4n) is 3.67. The maximum atomic E-state index is 9.08. The van der Waals surface area contributed by atoms with Gasteiger partial charge in [-0.15, -0.1) is 0 Å². The highest BCUT2D eigenvalue weighted by Gasteiger charge is 2.11. The summed E-state index contributed by atoms with van der Waals surface area (Å²) in [4.78, 5) is 2.83. The lowest BCUT2D eigenvalue weighted by atomic mass is 9.88. The summed E-state index contributed by atoms with van der Waals surface area (Å²) >= 11 is 0. The average molecular weight is 412 g/mol. The standard InChI is InChI=1S/C26H41N3O/c1-3-5-9-15-23-21-25(17-11-7-13-19-28-29-27)26(18-12-8-14-20-30)22-24(23)16-10-6-4-2/h15-16,21-22,30H,1-14,17-20H2. The molecule has 0 heterocycles. The zero-order chi connectivity index (χ0) is 21.9. The Morgan fingerprint density at radius 3 is 1.80 bits per heavy atom. The number of nitrogens with zero attached hydrogens (tertiary/aromatic N) is 3. The van der Waals surface area contributed by atoms with E-state index in [-0.39, 0.29) is 6.61 Å². The predicted molar refractivity (Wildman–Crippen MR) is 128 cm³/mol. The van der Waals surface area contributed by atoms with Crippen LogP contribution in [0.2, 0.25) is 0 Å². The van der Waals surface area contributed by atoms with Gasteiger partial charge < -0.3 is 5.11 Å². The van der Waals surface area contributed by atoms with E-state index in [1.807, 2.05) is 0 Å². The van der Waals surface area contributed by atoms with Crippen LogP contribution < -0.4 is 0 Å². The zero-order valence-electron chi connectivity index (χ0n) is 18.8. The topological polar surface area (TPSA) is 69.0 Å². The molecule has 1 aromatic carbocycles. The van der Waals surface area contributed by atoms with Crippen LogP contribution in [0.4, 0.5) is 0 Å². The van der Waals surface area contributed by atoms with Gasteiger partial charge in [-0.25, -0.2) is 0 Å². The second-order valence-electron chi connectivity index (χ2n) is 7.95. The van der Waals surface area contributed by atoms with Crippen LogP contribution in [0.3, 0.4) is 0 Å². The van der Waals surface area contributed by atoms with Crippen LogP contribution in [0, 0.1) is 26.7 Å². The molecule has 0 amide bonds. The van der Waals surface area contributed by atoms with E-state index >= 15 is 0 Å². The van der Waals surface area contributed by atoms with Crippen molar-refractivity contribution in [3.63, 3.8) is 0 Å². The molecule has 0 spiro atoms. The van der Waals surface area contributed by atoms with Gasteiger partial charge in [-0.05, 0) is 92.0 Å². The summed E-state index contributed by atoms with van der Waals surface area (Å²) in [6.07, 6.45) is 19.5. The summed E-state index contributed by atoms with van der Waals surface area (Å²) in [5, 5.41) is 12.7. The smallest absolute Gasteiger partial charge is 0.0431 e. The Hall–Kier alpha value is -1.51. The Balaban J connectivity index is 2.91. The number of azide groups is 1. The quantitative estimate of drug-likeness (QED) is 0.109. The molecule has 0 aliphatic heterocycles. The first-order valence-corrected chi connectivity index (χ1v) is 11.8. The summed E-state index contributed by atoms with van der Waals surface area (Å²) in [7, 11) is 0. The highest BCUT2D eigenvalue weighted by atomic mass is 16.2. The Morgan fingerprint density at radius 2 is 1.33 bits per heavy atom. The number of hydrogen-bond acceptors (Lipinski definition) is 2. The van der Waals surface area contributed by atoms with Crippen molar-refractivity contribution in [2.75, 3.05) is 13.2 Å². The molecule has 30 heavy (non-hydrogen) atoms. The van der Waals surface area contributed by atoms with Gasteiger partial charge in [0.1, 0.15) is 0 Å². The third-order valence-corrected chi connectivity index (χ3v) is 5.41. The van der Waals surface area contributed by atoms with Crippen LogP contribution >= 0.6 is 0 Å². The van der Waals surface area contributed by atoms with Gasteiger partial charge in [0.25, 0.3) is 0 Å². The summed E-state index contributed by atoms with van der Waals surface area (Å²) < 4.78 is 0. The van der Waals surface area contributed by atoms with Gasteiger partial charge in [0.15, 0.2) is 0 Å². The molecule has 0 bridgehead atoms. The highest BCUT2D eigenvalue weighted by molar-refractivity contribution is 5.45. The maximum Gasteiger partial charge on any atom is 0.0431 e. The molecule has 1 rings (SSSR count). The second-order valence-corrected chi connectivity index (χ2v) is 7.95. The summed E-state index contributed by atoms with van der Waals surface area (Å²) in [5.41, 5.74) is 14.0. The Kier molecular flexibility index (Phi) is 16.2. The lowest BCUT2D eigenvalue weighted by Crippen LogP contribution is -2.02. The second kappa shape index (κ2) is 18.3. The molecule has 0 saturated carbocycles. The molecule has 0 aliphatic carbocycles. The molecule has 0 aromatic heterocycles. The van der Waals surface area contributed by atoms with Crippen molar-refractivity contribution < 1.29 is 5.11 Å². The minimum Gasteiger partial charge on any atom is -0.396 e. The number of hydrogen-bond donors (Lipinski definition) is 1. The van der Waals surface area contributed by atoms with Gasteiger partial charge in [-0.2, -0.15) is 0 Å². The molecule has 0 atom stereocenters. The average Bonchev–Trinajstić information content (AvgIpc) is 2.75. The van der Waals surface area contributed by atoms with Crippen molar-refractivity contribution >= 4 is 0 Å². The van der Waals surface area contributed by atoms with Crippen LogP contribution in [0.15, 0.2) is 17.2 Å². The number of rotatable bonds is 19. The Labute approximate surface area is 185 Å². The molecule has 0 fully saturated rings. The minimum atomic E-state index is 0.280. The van der Waals surface area contributed by atoms with Gasteiger partial charge in [0.2, 0.25) is 0 Å². The van der Waals surface area contributed by atoms with Crippen molar-refractivity contribution in [1.82, 2.24) is 0 Å². The van der Waals surface area contributed by atoms with E-state index in [0.717, 1.165) is 89.9 Å². The van der Waals surface area contributed by atoms with Crippen molar-refractivity contribution in [3.05, 3.63) is 71.5 Å². The number of benzene rings is 1. The first kappa shape index (κ1) is 26.5. The summed E-state index contributed by atoms with van der Waals surface area (Å²) in [6, 6.07) is 4.82. The van der Waals surface area contributed by atoms with Gasteiger partial charge in [-0.3, -0.25) is 0 Å². The maximum absolute atomic E-state index is 9.08. The SMILES string of the molecule is [CH2]CCC[CH]c1cc(CCCCCO)c(CCCCCN=[N+]=[N-])cc1[CH]CCC[CH2]. The highest BCUT2D eigenvalue weighted by Crippen LogP contribution is 2.26. The third kappa shape index (κ3) is 11.6. The molecular weight excluding hydrogens is 370 g/mol. The first-order valence-electron chi connectivity index (χ1n) is 11.8. The van der Waals surface area contributed by atoms with Gasteiger partial charge in [-0.1, -0.05) is 69.6 Å². The van der Waals surface area contributed by atoms with Gasteiger partial charge in [0.05, 0.1) is 0 Å². The Morgan fingerprint density at radius 1 is 0.800 bits per heavy atom. The number of aliphatic hydroxyl groups excluding tert-OH is 1. The fourth-order valence-corrected chi connectivity index (χ4v) is 3.67. The lowest BCUT2D eigenvalue weighted by molar-refractivity contribution is 0.283. The molecule has 0 aliphatic rings. The first-order chi connectivity index (χ1) is 14.8. The third-order valence-electron chi connectivity index (χ3n) is 5.41. The van der Waals surface area contributed by atoms with Crippen LogP contribution in [0.25, 0.3) is 10.4 Å². The number of aliphatic hydroxyl groups is 1. The predicted octanol–water partition coefficient (Wildman–Crippen LogP) is 7.53. The van der Waals surface area contributed by atoms with Crippen LogP contribution in [-0.2, 0) is 12.8 Å². The molecule has 0 unspecified atom stereocenters. The van der Waals surface area contributed by atoms with Gasteiger partial charge >= 0.3 is 0 Å². The molecule has 1 aromatic rings. The molecule has 166 valence electrons. The molecule has 0 saturated heterocycles. The van der Waals surface area contributed by atoms with E-state index in [1.165, 1.54) is 22.3 Å². The molecule has 4 radical (unpaired) electrons. The lowest BCUT2D eigenvalue weighted by Gasteiger charge is -2.17. The molecule has 4 nitrogen and oxygen atoms in total. The van der Waals surface area contributed by atoms with E-state index in [9.17, 15) is 0 Å². The van der Waals surface area contributed by atoms with Crippen LogP contribution in [-0.4, -0.2) is 18.3 Å². The summed E-state index contributed by atoms with van der Waals surface area (Å²) in [6.45, 7) is 8.81. The van der Waals surface area contributed by atoms with Crippen molar-refractivity contribution in [2.45, 2.75) is 89.9 Å². The van der Waals surface area contributed by atoms with E-state index in [1.54, 1.807) is 0 Å². The molecule has 4 heteroatoms. The van der Waals surface area contributed by atoms with Crippen LogP contribution in [0.5, 0.6) is 0 Å². The zero-order valence-corrected chi connectivity index (χ0v) is 18.8. The van der Waals surface area contributed by atoms with Gasteiger partial charge in [0, 0.05) is 18.1 Å². The molecular formula is C26H41N3O. The van der Waals surface area contributed by atoms with E-state index in [2.05, 4.69) is 48.8 Å². The number of aryl methyl sites for hydroxylation is 2. The van der Waals surface area contributed by atoms with E-state index < -0.39 is 0 Å². The van der Waals surface area contributed by atoms with Crippen molar-refractivity contribution in [2.24, 2.45) is 5.11 Å². The monoisotopic (exact) mass is 411 g/mol.